The number of hydrogen-bond acceptors (Lipinski definition) is 12. The van der Waals surface area contributed by atoms with Gasteiger partial charge in [0.2, 0.25) is 0 Å². The molecule has 0 aliphatic heterocycles. The molecule has 8 rings (SSSR count). The van der Waals surface area contributed by atoms with Gasteiger partial charge in [-0.05, 0) is 201 Å². The number of thiophene rings is 2. The van der Waals surface area contributed by atoms with E-state index in [1.165, 1.54) is 40.9 Å². The van der Waals surface area contributed by atoms with Crippen molar-refractivity contribution >= 4 is 66.4 Å². The third-order valence-electron chi connectivity index (χ3n) is 15.7. The minimum Gasteiger partial charge on any atom is -0.508 e. The lowest BCUT2D eigenvalue weighted by molar-refractivity contribution is -0.285. The average Bonchev–Trinajstić information content (AvgIpc) is 1.62. The molecule has 6 aromatic carbocycles. The molecule has 12 nitrogen and oxygen atoms in total. The normalized spacial score (nSPS) is 12.4. The Morgan fingerprint density at radius 3 is 1.11 bits per heavy atom. The van der Waals surface area contributed by atoms with Crippen molar-refractivity contribution in [2.75, 3.05) is 13.2 Å². The minimum absolute atomic E-state index is 0.0425. The zero-order chi connectivity index (χ0) is 67.4. The third-order valence-corrected chi connectivity index (χ3v) is 18.1. The Kier molecular flexibility index (Phi) is 23.1. The minimum atomic E-state index is -5.82. The lowest BCUT2D eigenvalue weighted by Crippen LogP contribution is -2.41. The number of hydrogen-bond donors (Lipinski definition) is 6. The Hall–Kier alpha value is -8.38. The van der Waals surface area contributed by atoms with Crippen molar-refractivity contribution in [3.05, 3.63) is 156 Å². The van der Waals surface area contributed by atoms with Crippen molar-refractivity contribution in [1.82, 2.24) is 0 Å². The fourth-order valence-corrected chi connectivity index (χ4v) is 12.8. The first kappa shape index (κ1) is 71.1. The second kappa shape index (κ2) is 29.9. The maximum Gasteiger partial charge on any atom is 0.453 e. The van der Waals surface area contributed by atoms with E-state index in [4.69, 9.17) is 9.47 Å². The van der Waals surface area contributed by atoms with Crippen LogP contribution in [0.5, 0.6) is 34.5 Å². The predicted octanol–water partition coefficient (Wildman–Crippen LogP) is 19.2. The highest BCUT2D eigenvalue weighted by Crippen LogP contribution is 2.46. The van der Waals surface area contributed by atoms with E-state index >= 15 is 0 Å². The second-order valence-electron chi connectivity index (χ2n) is 23.1. The summed E-state index contributed by atoms with van der Waals surface area (Å²) in [6.07, 6.45) is -12.7. The van der Waals surface area contributed by atoms with E-state index < -0.39 is 73.7 Å². The van der Waals surface area contributed by atoms with Gasteiger partial charge in [0.1, 0.15) is 34.5 Å². The number of carboxylic acids is 2. The topological polar surface area (TPSA) is 208 Å². The number of benzene rings is 6. The van der Waals surface area contributed by atoms with Crippen LogP contribution in [0.3, 0.4) is 0 Å². The van der Waals surface area contributed by atoms with Crippen LogP contribution in [0.15, 0.2) is 133 Å². The number of halogens is 10. The lowest BCUT2D eigenvalue weighted by Gasteiger charge is -2.26. The molecule has 0 unspecified atom stereocenters. The molecular formula is C68H66F10O12S2. The van der Waals surface area contributed by atoms with Crippen LogP contribution in [0.1, 0.15) is 136 Å². The van der Waals surface area contributed by atoms with Gasteiger partial charge in [-0.1, -0.05) is 39.5 Å². The summed E-state index contributed by atoms with van der Waals surface area (Å²) in [4.78, 5) is 52.4. The Morgan fingerprint density at radius 2 is 0.739 bits per heavy atom. The standard InChI is InChI=1S/C34H31F5O8S.C34H35F5O4S/c35-33(36,34(37,38)39)17-4-16-32(30(43)44,31(45)46)15-2-1-3-18-47-24-12-7-20(8-13-24)28(42)27-25-14-11-23(41)19-26(25)48-29(27)21-5-9-22(40)10-6-21;1-32(2,18-6-19-33(35,36)34(37,38)39)17-4-3-5-20-43-26-14-9-22(10-15-26)30(42)29-27-16-13-25(41)21-28(27)44-31(29)23-7-11-24(40)12-8-23/h5-14,19,40-41H,1-4,15-18H2,(H,43,44)(H,45,46);7-16,21,40-41H,3-6,17-20H2,1-2H3. The van der Waals surface area contributed by atoms with Crippen LogP contribution in [0.2, 0.25) is 0 Å². The molecule has 0 atom stereocenters. The molecule has 0 amide bonds. The van der Waals surface area contributed by atoms with E-state index in [0.29, 0.717) is 86.6 Å². The first-order valence-electron chi connectivity index (χ1n) is 29.2. The molecule has 0 spiro atoms. The Labute approximate surface area is 530 Å². The Morgan fingerprint density at radius 1 is 0.402 bits per heavy atom. The molecule has 0 saturated carbocycles. The smallest absolute Gasteiger partial charge is 0.453 e. The van der Waals surface area contributed by atoms with Gasteiger partial charge in [-0.15, -0.1) is 22.7 Å². The number of phenols is 4. The molecule has 24 heteroatoms. The number of carbonyl (C=O) groups is 4. The molecule has 8 aromatic rings. The summed E-state index contributed by atoms with van der Waals surface area (Å²) >= 11 is 2.72. The fourth-order valence-electron chi connectivity index (χ4n) is 10.4. The van der Waals surface area contributed by atoms with Crippen LogP contribution in [-0.4, -0.2) is 91.6 Å². The third kappa shape index (κ3) is 18.0. The van der Waals surface area contributed by atoms with Gasteiger partial charge in [-0.2, -0.15) is 43.9 Å². The maximum absolute atomic E-state index is 13.7. The van der Waals surface area contributed by atoms with Crippen molar-refractivity contribution in [1.29, 1.82) is 0 Å². The Bertz CT molecular complexity index is 3810. The van der Waals surface area contributed by atoms with Crippen molar-refractivity contribution in [2.24, 2.45) is 10.8 Å². The largest absolute Gasteiger partial charge is 0.508 e. The Balaban J connectivity index is 0.000000262. The lowest BCUT2D eigenvalue weighted by atomic mass is 9.78. The number of carbonyl (C=O) groups excluding carboxylic acids is 2. The van der Waals surface area contributed by atoms with Gasteiger partial charge in [-0.3, -0.25) is 19.2 Å². The summed E-state index contributed by atoms with van der Waals surface area (Å²) in [5, 5.41) is 59.8. The van der Waals surface area contributed by atoms with Crippen molar-refractivity contribution < 1.29 is 103 Å². The summed E-state index contributed by atoms with van der Waals surface area (Å²) in [7, 11) is 0. The molecule has 2 heterocycles. The maximum atomic E-state index is 13.7. The summed E-state index contributed by atoms with van der Waals surface area (Å²) in [6.45, 7) is 4.35. The number of rotatable bonds is 30. The highest BCUT2D eigenvalue weighted by Gasteiger charge is 2.58. The second-order valence-corrected chi connectivity index (χ2v) is 25.2. The van der Waals surface area contributed by atoms with Crippen LogP contribution >= 0.6 is 22.7 Å². The molecule has 492 valence electrons. The van der Waals surface area contributed by atoms with Gasteiger partial charge in [0.25, 0.3) is 0 Å². The first-order valence-corrected chi connectivity index (χ1v) is 30.9. The van der Waals surface area contributed by atoms with E-state index in [1.807, 2.05) is 13.8 Å². The quantitative estimate of drug-likeness (QED) is 0.0108. The molecule has 0 bridgehead atoms. The first-order chi connectivity index (χ1) is 43.2. The summed E-state index contributed by atoms with van der Waals surface area (Å²) in [5.41, 5.74) is 0.440. The summed E-state index contributed by atoms with van der Waals surface area (Å²) in [6, 6.07) is 35.8. The van der Waals surface area contributed by atoms with E-state index in [2.05, 4.69) is 0 Å². The van der Waals surface area contributed by atoms with Crippen LogP contribution < -0.4 is 9.47 Å². The van der Waals surface area contributed by atoms with E-state index in [0.717, 1.165) is 39.8 Å². The van der Waals surface area contributed by atoms with Gasteiger partial charge in [0, 0.05) is 65.0 Å². The zero-order valence-corrected chi connectivity index (χ0v) is 51.4. The number of phenolic OH excluding ortho intramolecular Hbond substituents is 4. The molecule has 6 N–H and O–H groups in total. The average molecular weight is 1330 g/mol. The molecule has 0 radical (unpaired) electrons. The van der Waals surface area contributed by atoms with Crippen molar-refractivity contribution in [2.45, 2.75) is 128 Å². The van der Waals surface area contributed by atoms with Crippen molar-refractivity contribution in [3.63, 3.8) is 0 Å². The van der Waals surface area contributed by atoms with Crippen LogP contribution in [0.4, 0.5) is 43.9 Å². The summed E-state index contributed by atoms with van der Waals surface area (Å²) < 4.78 is 140. The number of carboxylic acid groups (broad SMARTS) is 2. The number of ether oxygens (including phenoxy) is 2. The van der Waals surface area contributed by atoms with Crippen LogP contribution in [0.25, 0.3) is 41.1 Å². The van der Waals surface area contributed by atoms with Gasteiger partial charge in [0.15, 0.2) is 17.0 Å². The number of alkyl halides is 10. The molecule has 0 saturated heterocycles. The van der Waals surface area contributed by atoms with Crippen LogP contribution in [0, 0.1) is 10.8 Å². The number of aliphatic carboxylic acids is 2. The fraction of sp³-hybridized carbons (Fsp3) is 0.353. The predicted molar refractivity (Wildman–Crippen MR) is 330 cm³/mol. The number of fused-ring (bicyclic) bond motifs is 2. The van der Waals surface area contributed by atoms with Gasteiger partial charge < -0.3 is 40.1 Å². The van der Waals surface area contributed by atoms with Gasteiger partial charge in [0.05, 0.1) is 13.2 Å². The number of aromatic hydroxyl groups is 4. The molecule has 0 fully saturated rings. The highest BCUT2D eigenvalue weighted by molar-refractivity contribution is 7.23. The summed E-state index contributed by atoms with van der Waals surface area (Å²) in [5.74, 6) is -12.4. The number of unbranched alkanes of at least 4 members (excludes halogenated alkanes) is 4. The van der Waals surface area contributed by atoms with Crippen LogP contribution in [-0.2, 0) is 9.59 Å². The van der Waals surface area contributed by atoms with Gasteiger partial charge in [-0.25, -0.2) is 0 Å². The van der Waals surface area contributed by atoms with E-state index in [9.17, 15) is 93.7 Å². The molecule has 0 aliphatic carbocycles. The van der Waals surface area contributed by atoms with E-state index in [1.54, 1.807) is 115 Å². The molecular weight excluding hydrogens is 1260 g/mol. The molecule has 92 heavy (non-hydrogen) atoms. The van der Waals surface area contributed by atoms with Crippen molar-refractivity contribution in [3.8, 4) is 55.4 Å². The number of ketones is 2. The zero-order valence-electron chi connectivity index (χ0n) is 49.7. The molecule has 0 aliphatic rings. The monoisotopic (exact) mass is 1330 g/mol. The highest BCUT2D eigenvalue weighted by atomic mass is 32.1. The molecule has 2 aromatic heterocycles. The SMILES string of the molecule is CC(C)(CCCCCOc1ccc(C(=O)c2c(-c3ccc(O)cc3)sc3cc(O)ccc23)cc1)CCCC(F)(F)C(F)(F)F.O=C(c1ccc(OCCCCCC(CCCC(F)(F)C(F)(F)F)(C(=O)O)C(=O)O)cc1)c1c(-c2ccc(O)cc2)sc2cc(O)ccc12. The van der Waals surface area contributed by atoms with Gasteiger partial charge >= 0.3 is 36.1 Å². The van der Waals surface area contributed by atoms with E-state index in [-0.39, 0.29) is 59.4 Å².